The van der Waals surface area contributed by atoms with Crippen LogP contribution in [-0.2, 0) is 49.9 Å². The number of tetrazole rings is 1. The number of nitrogens with one attached hydrogen (secondary N) is 1. The van der Waals surface area contributed by atoms with Gasteiger partial charge in [0.05, 0.1) is 23.7 Å². The number of aliphatic carboxylic acids is 1. The Kier molecular flexibility index (Phi) is 11.6. The molecule has 3 aromatic rings. The molecule has 0 saturated heterocycles. The van der Waals surface area contributed by atoms with Crippen molar-refractivity contribution in [1.29, 1.82) is 0 Å². The van der Waals surface area contributed by atoms with Crippen LogP contribution in [0.3, 0.4) is 0 Å². The predicted octanol–water partition coefficient (Wildman–Crippen LogP) is 7.28. The fourth-order valence-electron chi connectivity index (χ4n) is 5.92. The first-order valence-electron chi connectivity index (χ1n) is 15.3. The lowest BCUT2D eigenvalue weighted by Gasteiger charge is -2.27. The van der Waals surface area contributed by atoms with E-state index in [1.165, 1.54) is 18.0 Å². The molecule has 0 amide bonds. The van der Waals surface area contributed by atoms with Crippen molar-refractivity contribution in [2.75, 3.05) is 18.0 Å². The molecule has 264 valence electrons. The van der Waals surface area contributed by atoms with Gasteiger partial charge >= 0.3 is 24.5 Å². The average Bonchev–Trinajstić information content (AvgIpc) is 3.42. The molecule has 1 aliphatic rings. The third-order valence-electron chi connectivity index (χ3n) is 8.36. The van der Waals surface area contributed by atoms with E-state index in [-0.39, 0.29) is 36.5 Å². The van der Waals surface area contributed by atoms with E-state index in [1.807, 2.05) is 0 Å². The van der Waals surface area contributed by atoms with Crippen LogP contribution in [0, 0.1) is 11.8 Å². The maximum absolute atomic E-state index is 13.7. The largest absolute Gasteiger partial charge is 0.481 e. The molecule has 1 aromatic heterocycles. The molecule has 0 aliphatic heterocycles. The third kappa shape index (κ3) is 10.6. The van der Waals surface area contributed by atoms with Gasteiger partial charge in [0.25, 0.3) is 5.95 Å². The number of hydrogen-bond donors (Lipinski definition) is 2. The Morgan fingerprint density at radius 2 is 1.46 bits per heavy atom. The Labute approximate surface area is 270 Å². The molecule has 0 atom stereocenters. The Morgan fingerprint density at radius 3 is 2.00 bits per heavy atom. The van der Waals surface area contributed by atoms with E-state index in [0.29, 0.717) is 49.5 Å². The van der Waals surface area contributed by atoms with Crippen LogP contribution in [0.5, 0.6) is 0 Å². The van der Waals surface area contributed by atoms with Crippen LogP contribution in [-0.4, -0.2) is 44.4 Å². The Morgan fingerprint density at radius 1 is 0.854 bits per heavy atom. The lowest BCUT2D eigenvalue weighted by atomic mass is 9.80. The number of alkyl halides is 9. The minimum atomic E-state index is -5.09. The summed E-state index contributed by atoms with van der Waals surface area (Å²) in [6.07, 6.45) is -10.4. The van der Waals surface area contributed by atoms with Gasteiger partial charge in [-0.25, -0.2) is 0 Å². The fraction of sp³-hybridized carbons (Fsp3) is 0.548. The lowest BCUT2D eigenvalue weighted by Crippen LogP contribution is -2.28. The highest BCUT2D eigenvalue weighted by Crippen LogP contribution is 2.37. The molecule has 17 heteroatoms. The number of carbonyl (C=O) groups is 1. The zero-order valence-electron chi connectivity index (χ0n) is 25.9. The SMILES string of the molecule is Cn1nnc(N(Cc2cc(C(F)(F)F)cc(C(F)(F)F)c2)Cc2cc(C(F)(F)F)ccc2CCCNCC2CCC(CC(=O)O)CC2)n1. The molecule has 0 unspecified atom stereocenters. The second-order valence-corrected chi connectivity index (χ2v) is 12.1. The normalized spacial score (nSPS) is 17.5. The number of aromatic nitrogens is 4. The van der Waals surface area contributed by atoms with E-state index in [0.717, 1.165) is 42.6 Å². The molecule has 1 aliphatic carbocycles. The van der Waals surface area contributed by atoms with Crippen LogP contribution in [0.15, 0.2) is 36.4 Å². The molecule has 1 saturated carbocycles. The molecule has 0 radical (unpaired) electrons. The minimum absolute atomic E-state index is 0.00217. The van der Waals surface area contributed by atoms with Gasteiger partial charge in [-0.2, -0.15) is 44.3 Å². The van der Waals surface area contributed by atoms with Gasteiger partial charge in [0.1, 0.15) is 0 Å². The maximum atomic E-state index is 13.7. The quantitative estimate of drug-likeness (QED) is 0.144. The number of benzene rings is 2. The number of aryl methyl sites for hydroxylation is 2. The first-order valence-corrected chi connectivity index (χ1v) is 15.3. The lowest BCUT2D eigenvalue weighted by molar-refractivity contribution is -0.143. The number of rotatable bonds is 13. The van der Waals surface area contributed by atoms with Crippen LogP contribution in [0.25, 0.3) is 0 Å². The summed E-state index contributed by atoms with van der Waals surface area (Å²) in [6, 6.07) is 4.25. The van der Waals surface area contributed by atoms with Crippen molar-refractivity contribution in [3.8, 4) is 0 Å². The number of hydrogen-bond acceptors (Lipinski definition) is 6. The highest BCUT2D eigenvalue weighted by atomic mass is 19.4. The summed E-state index contributed by atoms with van der Waals surface area (Å²) >= 11 is 0. The van der Waals surface area contributed by atoms with Crippen LogP contribution in [0.4, 0.5) is 45.5 Å². The van der Waals surface area contributed by atoms with E-state index < -0.39 is 53.3 Å². The van der Waals surface area contributed by atoms with Crippen molar-refractivity contribution in [2.24, 2.45) is 18.9 Å². The molecule has 1 heterocycles. The van der Waals surface area contributed by atoms with Crippen LogP contribution < -0.4 is 10.2 Å². The average molecular weight is 695 g/mol. The van der Waals surface area contributed by atoms with Crippen molar-refractivity contribution in [1.82, 2.24) is 25.5 Å². The van der Waals surface area contributed by atoms with E-state index in [4.69, 9.17) is 5.11 Å². The number of halogens is 9. The van der Waals surface area contributed by atoms with Gasteiger partial charge in [-0.1, -0.05) is 11.2 Å². The number of carboxylic acid groups (broad SMARTS) is 1. The van der Waals surface area contributed by atoms with Crippen LogP contribution in [0.1, 0.15) is 71.9 Å². The van der Waals surface area contributed by atoms with Gasteiger partial charge in [-0.15, -0.1) is 5.10 Å². The molecular weight excluding hydrogens is 659 g/mol. The molecule has 48 heavy (non-hydrogen) atoms. The summed E-state index contributed by atoms with van der Waals surface area (Å²) in [6.45, 7) is 0.290. The van der Waals surface area contributed by atoms with Crippen molar-refractivity contribution in [3.05, 3.63) is 69.8 Å². The zero-order chi connectivity index (χ0) is 35.3. The molecule has 1 fully saturated rings. The molecule has 0 bridgehead atoms. The van der Waals surface area contributed by atoms with Gasteiger partial charge in [-0.3, -0.25) is 4.79 Å². The van der Waals surface area contributed by atoms with E-state index >= 15 is 0 Å². The summed E-state index contributed by atoms with van der Waals surface area (Å²) in [4.78, 5) is 13.1. The van der Waals surface area contributed by atoms with Gasteiger partial charge in [0, 0.05) is 19.5 Å². The molecule has 0 spiro atoms. The van der Waals surface area contributed by atoms with Crippen LogP contribution in [0.2, 0.25) is 0 Å². The van der Waals surface area contributed by atoms with E-state index in [2.05, 4.69) is 20.7 Å². The first kappa shape index (κ1) is 36.9. The Balaban J connectivity index is 1.52. The topological polar surface area (TPSA) is 96.2 Å². The predicted molar refractivity (Wildman–Crippen MR) is 155 cm³/mol. The number of nitrogens with zero attached hydrogens (tertiary/aromatic N) is 5. The number of carboxylic acids is 1. The maximum Gasteiger partial charge on any atom is 0.416 e. The highest BCUT2D eigenvalue weighted by molar-refractivity contribution is 5.67. The molecular formula is C31H35F9N6O2. The first-order chi connectivity index (χ1) is 22.4. The third-order valence-corrected chi connectivity index (χ3v) is 8.36. The molecule has 4 rings (SSSR count). The van der Waals surface area contributed by atoms with Gasteiger partial charge in [0.15, 0.2) is 0 Å². The Bertz CT molecular complexity index is 1500. The zero-order valence-corrected chi connectivity index (χ0v) is 25.9. The fourth-order valence-corrected chi connectivity index (χ4v) is 5.92. The summed E-state index contributed by atoms with van der Waals surface area (Å²) < 4.78 is 122. The summed E-state index contributed by atoms with van der Waals surface area (Å²) in [7, 11) is 1.38. The smallest absolute Gasteiger partial charge is 0.416 e. The van der Waals surface area contributed by atoms with Gasteiger partial charge in [0.2, 0.25) is 0 Å². The highest BCUT2D eigenvalue weighted by Gasteiger charge is 2.37. The molecule has 8 nitrogen and oxygen atoms in total. The van der Waals surface area contributed by atoms with Gasteiger partial charge < -0.3 is 15.3 Å². The number of anilines is 1. The second kappa shape index (κ2) is 15.1. The molecule has 2 N–H and O–H groups in total. The van der Waals surface area contributed by atoms with Crippen molar-refractivity contribution >= 4 is 11.9 Å². The van der Waals surface area contributed by atoms with Crippen molar-refractivity contribution in [2.45, 2.75) is 76.6 Å². The van der Waals surface area contributed by atoms with E-state index in [9.17, 15) is 44.3 Å². The standard InChI is InChI=1S/C31H35F9N6O2/c1-45-43-28(42-44-45)46(17-21-11-25(30(35,36)37)15-26(12-21)31(38,39)40)18-23-14-24(29(32,33)34)9-8-22(23)3-2-10-41-16-20-6-4-19(5-7-20)13-27(47)48/h8-9,11-12,14-15,19-20,41H,2-7,10,13,16-18H2,1H3,(H,47,48). The summed E-state index contributed by atoms with van der Waals surface area (Å²) in [5, 5.41) is 23.9. The van der Waals surface area contributed by atoms with E-state index in [1.54, 1.807) is 0 Å². The van der Waals surface area contributed by atoms with Crippen LogP contribution >= 0.6 is 0 Å². The van der Waals surface area contributed by atoms with Gasteiger partial charge in [-0.05, 0) is 116 Å². The minimum Gasteiger partial charge on any atom is -0.481 e. The van der Waals surface area contributed by atoms with Crippen molar-refractivity contribution < 1.29 is 49.4 Å². The van der Waals surface area contributed by atoms with Crippen molar-refractivity contribution in [3.63, 3.8) is 0 Å². The monoisotopic (exact) mass is 694 g/mol. The summed E-state index contributed by atoms with van der Waals surface area (Å²) in [5.41, 5.74) is -3.77. The second-order valence-electron chi connectivity index (χ2n) is 12.1. The Hall–Kier alpha value is -3.89. The molecule has 2 aromatic carbocycles. The summed E-state index contributed by atoms with van der Waals surface area (Å²) in [5.74, 6) is -0.444.